The van der Waals surface area contributed by atoms with Crippen LogP contribution >= 0.6 is 0 Å². The van der Waals surface area contributed by atoms with Gasteiger partial charge in [-0.15, -0.1) is 0 Å². The van der Waals surface area contributed by atoms with Gasteiger partial charge in [-0.2, -0.15) is 0 Å². The second-order valence-corrected chi connectivity index (χ2v) is 4.68. The third-order valence-electron chi connectivity index (χ3n) is 3.05. The van der Waals surface area contributed by atoms with Crippen LogP contribution in [0.15, 0.2) is 30.6 Å². The first-order valence-electron chi connectivity index (χ1n) is 6.86. The van der Waals surface area contributed by atoms with E-state index in [1.54, 1.807) is 0 Å². The predicted molar refractivity (Wildman–Crippen MR) is 80.5 cm³/mol. The van der Waals surface area contributed by atoms with Gasteiger partial charge in [-0.05, 0) is 33.0 Å². The Kier molecular flexibility index (Phi) is 5.01. The Hall–Kier alpha value is -2.01. The van der Waals surface area contributed by atoms with Gasteiger partial charge in [-0.1, -0.05) is 6.07 Å². The summed E-state index contributed by atoms with van der Waals surface area (Å²) in [5.41, 5.74) is 3.03. The standard InChI is InChI=1S/C15H21N5/c1-4-20(11-13-7-5-6-12(2)19-13)15-10-17-14(8-16-3)9-18-15/h5-7,9-10,16H,4,8,11H2,1-3H3. The van der Waals surface area contributed by atoms with Crippen molar-refractivity contribution in [2.45, 2.75) is 26.9 Å². The lowest BCUT2D eigenvalue weighted by Gasteiger charge is -2.21. The number of nitrogens with zero attached hydrogens (tertiary/aromatic N) is 4. The first-order valence-corrected chi connectivity index (χ1v) is 6.86. The van der Waals surface area contributed by atoms with Gasteiger partial charge in [-0.3, -0.25) is 9.97 Å². The zero-order valence-electron chi connectivity index (χ0n) is 12.3. The molecule has 0 aliphatic rings. The summed E-state index contributed by atoms with van der Waals surface area (Å²) in [5, 5.41) is 3.07. The Labute approximate surface area is 120 Å². The van der Waals surface area contributed by atoms with Gasteiger partial charge in [-0.25, -0.2) is 4.98 Å². The quantitative estimate of drug-likeness (QED) is 0.870. The molecule has 0 fully saturated rings. The number of hydrogen-bond donors (Lipinski definition) is 1. The van der Waals surface area contributed by atoms with Crippen LogP contribution in [0.3, 0.4) is 0 Å². The molecule has 0 atom stereocenters. The fourth-order valence-corrected chi connectivity index (χ4v) is 2.02. The maximum Gasteiger partial charge on any atom is 0.147 e. The SMILES string of the molecule is CCN(Cc1cccc(C)n1)c1cnc(CNC)cn1. The van der Waals surface area contributed by atoms with Crippen LogP contribution in [-0.2, 0) is 13.1 Å². The number of anilines is 1. The topological polar surface area (TPSA) is 53.9 Å². The first kappa shape index (κ1) is 14.4. The highest BCUT2D eigenvalue weighted by Gasteiger charge is 2.08. The number of hydrogen-bond acceptors (Lipinski definition) is 5. The van der Waals surface area contributed by atoms with Crippen molar-refractivity contribution in [2.75, 3.05) is 18.5 Å². The van der Waals surface area contributed by atoms with Crippen molar-refractivity contribution in [1.29, 1.82) is 0 Å². The second-order valence-electron chi connectivity index (χ2n) is 4.68. The number of nitrogens with one attached hydrogen (secondary N) is 1. The molecule has 0 amide bonds. The summed E-state index contributed by atoms with van der Waals surface area (Å²) in [7, 11) is 1.90. The lowest BCUT2D eigenvalue weighted by molar-refractivity contribution is 0.762. The Morgan fingerprint density at radius 2 is 2.00 bits per heavy atom. The van der Waals surface area contributed by atoms with Gasteiger partial charge >= 0.3 is 0 Å². The number of aryl methyl sites for hydroxylation is 1. The van der Waals surface area contributed by atoms with Gasteiger partial charge in [0.15, 0.2) is 0 Å². The molecular weight excluding hydrogens is 250 g/mol. The van der Waals surface area contributed by atoms with E-state index in [0.29, 0.717) is 0 Å². The van der Waals surface area contributed by atoms with Crippen LogP contribution in [0.2, 0.25) is 0 Å². The van der Waals surface area contributed by atoms with E-state index in [-0.39, 0.29) is 0 Å². The Morgan fingerprint density at radius 3 is 2.60 bits per heavy atom. The molecule has 20 heavy (non-hydrogen) atoms. The van der Waals surface area contributed by atoms with Crippen LogP contribution < -0.4 is 10.2 Å². The lowest BCUT2D eigenvalue weighted by Crippen LogP contribution is -2.24. The first-order chi connectivity index (χ1) is 9.72. The van der Waals surface area contributed by atoms with Crippen molar-refractivity contribution in [3.63, 3.8) is 0 Å². The lowest BCUT2D eigenvalue weighted by atomic mass is 10.3. The minimum Gasteiger partial charge on any atom is -0.350 e. The van der Waals surface area contributed by atoms with Crippen LogP contribution in [0.5, 0.6) is 0 Å². The van der Waals surface area contributed by atoms with E-state index in [1.165, 1.54) is 0 Å². The molecule has 0 saturated carbocycles. The van der Waals surface area contributed by atoms with Gasteiger partial charge in [0.1, 0.15) is 5.82 Å². The highest BCUT2D eigenvalue weighted by molar-refractivity contribution is 5.36. The summed E-state index contributed by atoms with van der Waals surface area (Å²) < 4.78 is 0. The van der Waals surface area contributed by atoms with Crippen LogP contribution in [0.4, 0.5) is 5.82 Å². The minimum absolute atomic E-state index is 0.735. The molecule has 0 radical (unpaired) electrons. The average Bonchev–Trinajstić information content (AvgIpc) is 2.46. The molecule has 0 aliphatic carbocycles. The largest absolute Gasteiger partial charge is 0.350 e. The number of aromatic nitrogens is 3. The molecule has 1 N–H and O–H groups in total. The molecule has 0 unspecified atom stereocenters. The normalized spacial score (nSPS) is 10.6. The van der Waals surface area contributed by atoms with E-state index in [1.807, 2.05) is 44.6 Å². The van der Waals surface area contributed by atoms with Crippen molar-refractivity contribution in [1.82, 2.24) is 20.3 Å². The highest BCUT2D eigenvalue weighted by Crippen LogP contribution is 2.12. The van der Waals surface area contributed by atoms with Crippen LogP contribution in [-0.4, -0.2) is 28.5 Å². The van der Waals surface area contributed by atoms with Gasteiger partial charge in [0, 0.05) is 18.8 Å². The molecule has 0 spiro atoms. The number of pyridine rings is 1. The summed E-state index contributed by atoms with van der Waals surface area (Å²) in [6.07, 6.45) is 3.64. The average molecular weight is 271 g/mol. The summed E-state index contributed by atoms with van der Waals surface area (Å²) in [6.45, 7) is 6.47. The third kappa shape index (κ3) is 3.74. The molecular formula is C15H21N5. The van der Waals surface area contributed by atoms with Crippen LogP contribution in [0, 0.1) is 6.92 Å². The highest BCUT2D eigenvalue weighted by atomic mass is 15.2. The Balaban J connectivity index is 2.11. The van der Waals surface area contributed by atoms with Crippen molar-refractivity contribution >= 4 is 5.82 Å². The summed E-state index contributed by atoms with van der Waals surface area (Å²) in [4.78, 5) is 15.6. The fourth-order valence-electron chi connectivity index (χ4n) is 2.02. The maximum atomic E-state index is 4.53. The predicted octanol–water partition coefficient (Wildman–Crippen LogP) is 1.93. The van der Waals surface area contributed by atoms with E-state index in [4.69, 9.17) is 0 Å². The molecule has 2 aromatic rings. The van der Waals surface area contributed by atoms with Gasteiger partial charge < -0.3 is 10.2 Å². The van der Waals surface area contributed by atoms with Crippen molar-refractivity contribution in [2.24, 2.45) is 0 Å². The molecule has 0 aromatic carbocycles. The fraction of sp³-hybridized carbons (Fsp3) is 0.400. The van der Waals surface area contributed by atoms with E-state index in [9.17, 15) is 0 Å². The van der Waals surface area contributed by atoms with Crippen molar-refractivity contribution in [3.05, 3.63) is 47.7 Å². The molecule has 5 heteroatoms. The van der Waals surface area contributed by atoms with Crippen LogP contribution in [0.25, 0.3) is 0 Å². The molecule has 2 rings (SSSR count). The Morgan fingerprint density at radius 1 is 1.15 bits per heavy atom. The summed E-state index contributed by atoms with van der Waals surface area (Å²) >= 11 is 0. The zero-order valence-corrected chi connectivity index (χ0v) is 12.3. The van der Waals surface area contributed by atoms with Crippen molar-refractivity contribution in [3.8, 4) is 0 Å². The zero-order chi connectivity index (χ0) is 14.4. The van der Waals surface area contributed by atoms with Gasteiger partial charge in [0.2, 0.25) is 0 Å². The number of rotatable bonds is 6. The second kappa shape index (κ2) is 6.96. The molecule has 106 valence electrons. The monoisotopic (exact) mass is 271 g/mol. The smallest absolute Gasteiger partial charge is 0.147 e. The molecule has 0 bridgehead atoms. The van der Waals surface area contributed by atoms with Crippen molar-refractivity contribution < 1.29 is 0 Å². The van der Waals surface area contributed by atoms with Gasteiger partial charge in [0.05, 0.1) is 30.3 Å². The van der Waals surface area contributed by atoms with E-state index < -0.39 is 0 Å². The maximum absolute atomic E-state index is 4.53. The summed E-state index contributed by atoms with van der Waals surface area (Å²) in [5.74, 6) is 0.885. The van der Waals surface area contributed by atoms with Crippen LogP contribution in [0.1, 0.15) is 24.0 Å². The molecule has 0 aliphatic heterocycles. The van der Waals surface area contributed by atoms with E-state index in [0.717, 1.165) is 42.5 Å². The third-order valence-corrected chi connectivity index (χ3v) is 3.05. The summed E-state index contributed by atoms with van der Waals surface area (Å²) in [6, 6.07) is 6.08. The molecule has 5 nitrogen and oxygen atoms in total. The van der Waals surface area contributed by atoms with Gasteiger partial charge in [0.25, 0.3) is 0 Å². The molecule has 2 heterocycles. The molecule has 2 aromatic heterocycles. The van der Waals surface area contributed by atoms with E-state index in [2.05, 4.69) is 32.1 Å². The molecule has 0 saturated heterocycles. The van der Waals surface area contributed by atoms with E-state index >= 15 is 0 Å². The Bertz CT molecular complexity index is 538. The minimum atomic E-state index is 0.735.